The second-order valence-electron chi connectivity index (χ2n) is 3.43. The fourth-order valence-corrected chi connectivity index (χ4v) is 1.69. The van der Waals surface area contributed by atoms with Crippen molar-refractivity contribution >= 4 is 5.78 Å². The number of ether oxygens (including phenoxy) is 1. The molecule has 0 N–H and O–H groups in total. The third-order valence-corrected chi connectivity index (χ3v) is 2.37. The number of allylic oxidation sites excluding steroid dienone is 1. The highest BCUT2D eigenvalue weighted by atomic mass is 16.5. The molecule has 0 fully saturated rings. The average molecular weight is 192 g/mol. The molecule has 1 aliphatic rings. The van der Waals surface area contributed by atoms with Crippen LogP contribution < -0.4 is 0 Å². The molecule has 1 aromatic heterocycles. The van der Waals surface area contributed by atoms with E-state index in [1.165, 1.54) is 12.3 Å². The van der Waals surface area contributed by atoms with Gasteiger partial charge >= 0.3 is 0 Å². The summed E-state index contributed by atoms with van der Waals surface area (Å²) in [4.78, 5) is 11.2. The molecule has 2 heterocycles. The van der Waals surface area contributed by atoms with Crippen LogP contribution in [0.5, 0.6) is 0 Å². The molecule has 0 saturated carbocycles. The first kappa shape index (κ1) is 8.99. The Bertz CT molecular complexity index is 373. The Morgan fingerprint density at radius 2 is 2.43 bits per heavy atom. The molecule has 1 atom stereocenters. The van der Waals surface area contributed by atoms with Crippen molar-refractivity contribution in [3.05, 3.63) is 29.8 Å². The number of ketones is 1. The van der Waals surface area contributed by atoms with Gasteiger partial charge in [-0.3, -0.25) is 9.48 Å². The van der Waals surface area contributed by atoms with E-state index in [2.05, 4.69) is 5.10 Å². The molecule has 14 heavy (non-hydrogen) atoms. The lowest BCUT2D eigenvalue weighted by molar-refractivity contribution is -0.118. The molecule has 1 aromatic rings. The molecular formula is C10H12N2O2. The van der Waals surface area contributed by atoms with Crippen LogP contribution in [0.15, 0.2) is 18.5 Å². The number of carbonyl (C=O) groups is 1. The summed E-state index contributed by atoms with van der Waals surface area (Å²) in [6, 6.07) is 0. The van der Waals surface area contributed by atoms with Gasteiger partial charge in [-0.25, -0.2) is 0 Å². The van der Waals surface area contributed by atoms with Gasteiger partial charge in [-0.2, -0.15) is 5.10 Å². The van der Waals surface area contributed by atoms with Crippen molar-refractivity contribution in [3.63, 3.8) is 0 Å². The molecule has 0 amide bonds. The average Bonchev–Trinajstić information content (AvgIpc) is 2.46. The standard InChI is InChI=1S/C10H12N2O2/c1-7-6-11-12(2)10(7)9-5-8(13)3-4-14-9/h3-4,6,9H,5H2,1-2H3. The Morgan fingerprint density at radius 3 is 3.00 bits per heavy atom. The van der Waals surface area contributed by atoms with Crippen molar-refractivity contribution in [2.45, 2.75) is 19.4 Å². The van der Waals surface area contributed by atoms with E-state index in [1.54, 1.807) is 10.9 Å². The van der Waals surface area contributed by atoms with E-state index in [4.69, 9.17) is 4.74 Å². The normalized spacial score (nSPS) is 21.0. The van der Waals surface area contributed by atoms with E-state index in [0.717, 1.165) is 11.3 Å². The van der Waals surface area contributed by atoms with Gasteiger partial charge in [0, 0.05) is 13.1 Å². The molecule has 2 rings (SSSR count). The van der Waals surface area contributed by atoms with Crippen LogP contribution in [-0.4, -0.2) is 15.6 Å². The van der Waals surface area contributed by atoms with Gasteiger partial charge in [0.2, 0.25) is 0 Å². The topological polar surface area (TPSA) is 44.1 Å². The minimum atomic E-state index is -0.181. The molecule has 4 heteroatoms. The lowest BCUT2D eigenvalue weighted by atomic mass is 10.1. The molecule has 4 nitrogen and oxygen atoms in total. The summed E-state index contributed by atoms with van der Waals surface area (Å²) in [5, 5.41) is 4.12. The fourth-order valence-electron chi connectivity index (χ4n) is 1.69. The molecule has 1 unspecified atom stereocenters. The van der Waals surface area contributed by atoms with Gasteiger partial charge in [-0.1, -0.05) is 0 Å². The number of rotatable bonds is 1. The van der Waals surface area contributed by atoms with Crippen molar-refractivity contribution in [3.8, 4) is 0 Å². The summed E-state index contributed by atoms with van der Waals surface area (Å²) in [6.07, 6.45) is 4.92. The maximum atomic E-state index is 11.2. The van der Waals surface area contributed by atoms with Crippen LogP contribution in [0.3, 0.4) is 0 Å². The van der Waals surface area contributed by atoms with Crippen LogP contribution in [0.4, 0.5) is 0 Å². The van der Waals surface area contributed by atoms with Crippen LogP contribution in [0.2, 0.25) is 0 Å². The summed E-state index contributed by atoms with van der Waals surface area (Å²) in [5.41, 5.74) is 2.03. The van der Waals surface area contributed by atoms with E-state index < -0.39 is 0 Å². The highest BCUT2D eigenvalue weighted by Crippen LogP contribution is 2.26. The Morgan fingerprint density at radius 1 is 1.64 bits per heavy atom. The molecule has 0 radical (unpaired) electrons. The van der Waals surface area contributed by atoms with Crippen molar-refractivity contribution in [1.29, 1.82) is 0 Å². The van der Waals surface area contributed by atoms with Crippen LogP contribution >= 0.6 is 0 Å². The van der Waals surface area contributed by atoms with E-state index in [1.807, 2.05) is 14.0 Å². The first-order valence-electron chi connectivity index (χ1n) is 4.52. The Kier molecular flexibility index (Phi) is 2.11. The van der Waals surface area contributed by atoms with Crippen LogP contribution in [0.1, 0.15) is 23.8 Å². The smallest absolute Gasteiger partial charge is 0.162 e. The minimum absolute atomic E-state index is 0.0989. The zero-order valence-corrected chi connectivity index (χ0v) is 8.23. The summed E-state index contributed by atoms with van der Waals surface area (Å²) >= 11 is 0. The largest absolute Gasteiger partial charge is 0.491 e. The van der Waals surface area contributed by atoms with Crippen LogP contribution in [0.25, 0.3) is 0 Å². The first-order valence-corrected chi connectivity index (χ1v) is 4.52. The van der Waals surface area contributed by atoms with Crippen LogP contribution in [0, 0.1) is 6.92 Å². The number of hydrogen-bond donors (Lipinski definition) is 0. The number of carbonyl (C=O) groups excluding carboxylic acids is 1. The van der Waals surface area contributed by atoms with Crippen LogP contribution in [-0.2, 0) is 16.6 Å². The Hall–Kier alpha value is -1.58. The van der Waals surface area contributed by atoms with Gasteiger partial charge in [0.05, 0.1) is 24.6 Å². The molecule has 74 valence electrons. The fraction of sp³-hybridized carbons (Fsp3) is 0.400. The lowest BCUT2D eigenvalue weighted by Crippen LogP contribution is -2.15. The molecule has 1 aliphatic heterocycles. The number of nitrogens with zero attached hydrogens (tertiary/aromatic N) is 2. The van der Waals surface area contributed by atoms with E-state index >= 15 is 0 Å². The predicted octanol–water partition coefficient (Wildman–Crippen LogP) is 1.27. The van der Waals surface area contributed by atoms with Crippen molar-refractivity contribution in [2.24, 2.45) is 7.05 Å². The van der Waals surface area contributed by atoms with Gasteiger partial charge in [0.15, 0.2) is 5.78 Å². The van der Waals surface area contributed by atoms with E-state index in [-0.39, 0.29) is 11.9 Å². The summed E-state index contributed by atoms with van der Waals surface area (Å²) in [6.45, 7) is 1.97. The molecule has 0 spiro atoms. The van der Waals surface area contributed by atoms with Gasteiger partial charge in [-0.15, -0.1) is 0 Å². The zero-order valence-electron chi connectivity index (χ0n) is 8.23. The molecule has 0 aromatic carbocycles. The number of aromatic nitrogens is 2. The highest BCUT2D eigenvalue weighted by molar-refractivity contribution is 5.90. The zero-order chi connectivity index (χ0) is 10.1. The Labute approximate surface area is 82.2 Å². The maximum Gasteiger partial charge on any atom is 0.162 e. The molecule has 0 saturated heterocycles. The summed E-state index contributed by atoms with van der Waals surface area (Å²) in [7, 11) is 1.86. The molecule has 0 bridgehead atoms. The molecular weight excluding hydrogens is 180 g/mol. The second-order valence-corrected chi connectivity index (χ2v) is 3.43. The van der Waals surface area contributed by atoms with Gasteiger partial charge in [0.25, 0.3) is 0 Å². The highest BCUT2D eigenvalue weighted by Gasteiger charge is 2.23. The monoisotopic (exact) mass is 192 g/mol. The quantitative estimate of drug-likeness (QED) is 0.673. The minimum Gasteiger partial charge on any atom is -0.491 e. The summed E-state index contributed by atoms with van der Waals surface area (Å²) in [5.74, 6) is 0.0989. The predicted molar refractivity (Wildman–Crippen MR) is 50.5 cm³/mol. The van der Waals surface area contributed by atoms with Gasteiger partial charge in [0.1, 0.15) is 6.10 Å². The van der Waals surface area contributed by atoms with Crippen molar-refractivity contribution < 1.29 is 9.53 Å². The molecule has 0 aliphatic carbocycles. The Balaban J connectivity index is 2.31. The van der Waals surface area contributed by atoms with Crippen molar-refractivity contribution in [2.75, 3.05) is 0 Å². The van der Waals surface area contributed by atoms with Gasteiger partial charge in [-0.05, 0) is 12.5 Å². The number of aryl methyl sites for hydroxylation is 2. The van der Waals surface area contributed by atoms with E-state index in [0.29, 0.717) is 6.42 Å². The van der Waals surface area contributed by atoms with E-state index in [9.17, 15) is 4.79 Å². The summed E-state index contributed by atoms with van der Waals surface area (Å²) < 4.78 is 7.15. The lowest BCUT2D eigenvalue weighted by Gasteiger charge is -2.19. The van der Waals surface area contributed by atoms with Gasteiger partial charge < -0.3 is 4.74 Å². The maximum absolute atomic E-state index is 11.2. The third kappa shape index (κ3) is 1.43. The number of hydrogen-bond acceptors (Lipinski definition) is 3. The third-order valence-electron chi connectivity index (χ3n) is 2.37. The second kappa shape index (κ2) is 3.29. The van der Waals surface area contributed by atoms with Crippen molar-refractivity contribution in [1.82, 2.24) is 9.78 Å². The SMILES string of the molecule is Cc1cnn(C)c1C1CC(=O)C=CO1. The first-order chi connectivity index (χ1) is 6.68.